The fourth-order valence-corrected chi connectivity index (χ4v) is 7.79. The Morgan fingerprint density at radius 1 is 0.622 bits per heavy atom. The minimum Gasteiger partial charge on any atom is -0.484 e. The van der Waals surface area contributed by atoms with Crippen molar-refractivity contribution in [2.45, 2.75) is 135 Å². The highest BCUT2D eigenvalue weighted by molar-refractivity contribution is 5.78. The molecule has 8 nitrogen and oxygen atoms in total. The van der Waals surface area contributed by atoms with Gasteiger partial charge in [0.2, 0.25) is 0 Å². The summed E-state index contributed by atoms with van der Waals surface area (Å²) in [5.74, 6) is 1.12. The van der Waals surface area contributed by atoms with Crippen molar-refractivity contribution in [3.8, 4) is 11.5 Å². The van der Waals surface area contributed by atoms with Gasteiger partial charge in [-0.2, -0.15) is 0 Å². The van der Waals surface area contributed by atoms with Crippen LogP contribution >= 0.6 is 0 Å². The summed E-state index contributed by atoms with van der Waals surface area (Å²) >= 11 is 0. The molecule has 0 radical (unpaired) electrons. The van der Waals surface area contributed by atoms with Crippen molar-refractivity contribution >= 4 is 11.8 Å². The Hall–Kier alpha value is -3.10. The maximum Gasteiger partial charge on any atom is 0.258 e. The average Bonchev–Trinajstić information content (AvgIpc) is 2.87. The highest BCUT2D eigenvalue weighted by Crippen LogP contribution is 2.34. The summed E-state index contributed by atoms with van der Waals surface area (Å²) in [4.78, 5) is 25.3. The Bertz CT molecular complexity index is 1200. The van der Waals surface area contributed by atoms with Crippen LogP contribution < -0.4 is 30.7 Å². The molecule has 0 bridgehead atoms. The Morgan fingerprint density at radius 2 is 0.911 bits per heavy atom. The first-order chi connectivity index (χ1) is 20.7. The van der Waals surface area contributed by atoms with Gasteiger partial charge in [-0.3, -0.25) is 9.59 Å². The van der Waals surface area contributed by atoms with Gasteiger partial charge in [-0.15, -0.1) is 0 Å². The van der Waals surface area contributed by atoms with Gasteiger partial charge in [0, 0.05) is 39.7 Å². The molecule has 2 amide bonds. The van der Waals surface area contributed by atoms with Crippen LogP contribution in [0.15, 0.2) is 48.5 Å². The predicted molar refractivity (Wildman–Crippen MR) is 181 cm³/mol. The summed E-state index contributed by atoms with van der Waals surface area (Å²) in [6.07, 6.45) is 3.52. The average molecular weight is 621 g/mol. The molecule has 4 N–H and O–H groups in total. The molecular weight excluding hydrogens is 564 g/mol. The quantitative estimate of drug-likeness (QED) is 0.275. The Balaban J connectivity index is 1.26. The van der Waals surface area contributed by atoms with Crippen molar-refractivity contribution < 1.29 is 19.1 Å². The van der Waals surface area contributed by atoms with Gasteiger partial charge in [0.1, 0.15) is 11.5 Å². The normalized spacial score (nSPS) is 21.0. The van der Waals surface area contributed by atoms with E-state index in [1.54, 1.807) is 0 Å². The van der Waals surface area contributed by atoms with Crippen molar-refractivity contribution in [3.05, 3.63) is 59.7 Å². The van der Waals surface area contributed by atoms with Crippen molar-refractivity contribution in [2.24, 2.45) is 0 Å². The number of carbonyl (C=O) groups is 2. The number of ether oxygens (including phenoxy) is 2. The second kappa shape index (κ2) is 13.0. The summed E-state index contributed by atoms with van der Waals surface area (Å²) in [6.45, 7) is 21.7. The van der Waals surface area contributed by atoms with Crippen molar-refractivity contribution in [3.63, 3.8) is 0 Å². The van der Waals surface area contributed by atoms with Gasteiger partial charge in [0.15, 0.2) is 13.2 Å². The maximum atomic E-state index is 12.7. The summed E-state index contributed by atoms with van der Waals surface area (Å²) < 4.78 is 11.7. The van der Waals surface area contributed by atoms with E-state index >= 15 is 0 Å². The lowest BCUT2D eigenvalue weighted by Gasteiger charge is -2.46. The van der Waals surface area contributed by atoms with Gasteiger partial charge in [0.05, 0.1) is 0 Å². The van der Waals surface area contributed by atoms with Crippen LogP contribution in [0.1, 0.15) is 106 Å². The molecule has 0 saturated carbocycles. The molecule has 2 saturated heterocycles. The molecule has 45 heavy (non-hydrogen) atoms. The second-order valence-corrected chi connectivity index (χ2v) is 16.4. The Kier molecular flexibility index (Phi) is 10.0. The fraction of sp³-hybridized carbons (Fsp3) is 0.622. The molecule has 0 unspecified atom stereocenters. The van der Waals surface area contributed by atoms with Crippen molar-refractivity contribution in [1.82, 2.24) is 21.3 Å². The number of benzene rings is 2. The number of rotatable bonds is 10. The third-order valence-electron chi connectivity index (χ3n) is 9.00. The number of carbonyl (C=O) groups excluding carboxylic acids is 2. The molecule has 2 fully saturated rings. The number of nitrogens with one attached hydrogen (secondary N) is 4. The van der Waals surface area contributed by atoms with Crippen LogP contribution in [0, 0.1) is 0 Å². The molecule has 2 heterocycles. The van der Waals surface area contributed by atoms with Crippen molar-refractivity contribution in [2.75, 3.05) is 13.2 Å². The molecule has 8 heteroatoms. The first-order valence-corrected chi connectivity index (χ1v) is 16.4. The Labute approximate surface area is 270 Å². The van der Waals surface area contributed by atoms with E-state index in [-0.39, 0.29) is 64.7 Å². The summed E-state index contributed by atoms with van der Waals surface area (Å²) in [5.41, 5.74) is 1.85. The SMILES string of the molecule is CC1(C)CC(NC(=O)COc2ccc(C(C)(C)c3ccc(OCC(=O)NC4CC(C)(C)NC(C)(C)C4)cc3)cc2)CC(C)(C)N1. The number of hydrogen-bond acceptors (Lipinski definition) is 6. The lowest BCUT2D eigenvalue weighted by atomic mass is 9.78. The van der Waals surface area contributed by atoms with Crippen LogP contribution in [-0.2, 0) is 15.0 Å². The van der Waals surface area contributed by atoms with E-state index in [0.29, 0.717) is 11.5 Å². The van der Waals surface area contributed by atoms with E-state index in [1.165, 1.54) is 0 Å². The minimum absolute atomic E-state index is 0.0131. The number of hydrogen-bond donors (Lipinski definition) is 4. The van der Waals surface area contributed by atoms with Gasteiger partial charge in [-0.1, -0.05) is 38.1 Å². The topological polar surface area (TPSA) is 101 Å². The second-order valence-electron chi connectivity index (χ2n) is 16.4. The van der Waals surface area contributed by atoms with Gasteiger partial charge in [-0.05, 0) is 116 Å². The minimum atomic E-state index is -0.269. The standard InChI is InChI=1S/C37H56N4O4/c1-33(2)19-27(20-34(3,4)40-33)38-31(42)23-44-29-15-11-25(12-16-29)37(9,10)26-13-17-30(18-14-26)45-24-32(43)39-28-21-35(5,6)41-36(7,8)22-28/h11-18,27-28,40-41H,19-24H2,1-10H3,(H,38,42)(H,39,43). The first kappa shape index (κ1) is 34.8. The Morgan fingerprint density at radius 3 is 1.20 bits per heavy atom. The van der Waals surface area contributed by atoms with E-state index in [4.69, 9.17) is 9.47 Å². The van der Waals surface area contributed by atoms with E-state index in [9.17, 15) is 9.59 Å². The predicted octanol–water partition coefficient (Wildman–Crippen LogP) is 5.62. The lowest BCUT2D eigenvalue weighted by Crippen LogP contribution is -2.62. The summed E-state index contributed by atoms with van der Waals surface area (Å²) in [5, 5.41) is 13.6. The van der Waals surface area contributed by atoms with Crippen LogP contribution in [0.5, 0.6) is 11.5 Å². The first-order valence-electron chi connectivity index (χ1n) is 16.4. The van der Waals surface area contributed by atoms with Gasteiger partial charge >= 0.3 is 0 Å². The summed E-state index contributed by atoms with van der Waals surface area (Å²) in [6, 6.07) is 16.1. The molecule has 0 spiro atoms. The molecular formula is C37H56N4O4. The summed E-state index contributed by atoms with van der Waals surface area (Å²) in [7, 11) is 0. The molecule has 0 aliphatic carbocycles. The fourth-order valence-electron chi connectivity index (χ4n) is 7.79. The van der Waals surface area contributed by atoms with E-state index < -0.39 is 0 Å². The monoisotopic (exact) mass is 620 g/mol. The van der Waals surface area contributed by atoms with Gasteiger partial charge < -0.3 is 30.7 Å². The van der Waals surface area contributed by atoms with E-state index in [1.807, 2.05) is 48.5 Å². The molecule has 0 aromatic heterocycles. The highest BCUT2D eigenvalue weighted by Gasteiger charge is 2.39. The molecule has 2 aromatic carbocycles. The molecule has 2 aliphatic heterocycles. The molecule has 4 rings (SSSR count). The lowest BCUT2D eigenvalue weighted by molar-refractivity contribution is -0.125. The third kappa shape index (κ3) is 9.94. The molecule has 0 atom stereocenters. The molecule has 2 aromatic rings. The number of piperidine rings is 2. The third-order valence-corrected chi connectivity index (χ3v) is 9.00. The van der Waals surface area contributed by atoms with Crippen LogP contribution in [0.3, 0.4) is 0 Å². The zero-order chi connectivity index (χ0) is 33.3. The van der Waals surface area contributed by atoms with E-state index in [2.05, 4.69) is 90.5 Å². The number of amides is 2. The molecule has 2 aliphatic rings. The van der Waals surface area contributed by atoms with Gasteiger partial charge in [0.25, 0.3) is 11.8 Å². The van der Waals surface area contributed by atoms with E-state index in [0.717, 1.165) is 36.8 Å². The van der Waals surface area contributed by atoms with Crippen molar-refractivity contribution in [1.29, 1.82) is 0 Å². The van der Waals surface area contributed by atoms with Crippen LogP contribution in [-0.4, -0.2) is 59.3 Å². The zero-order valence-corrected chi connectivity index (χ0v) is 29.1. The highest BCUT2D eigenvalue weighted by atomic mass is 16.5. The van der Waals surface area contributed by atoms with Crippen LogP contribution in [0.4, 0.5) is 0 Å². The largest absolute Gasteiger partial charge is 0.484 e. The van der Waals surface area contributed by atoms with Crippen LogP contribution in [0.25, 0.3) is 0 Å². The molecule has 248 valence electrons. The van der Waals surface area contributed by atoms with Gasteiger partial charge in [-0.25, -0.2) is 0 Å². The maximum absolute atomic E-state index is 12.7. The van der Waals surface area contributed by atoms with Crippen LogP contribution in [0.2, 0.25) is 0 Å². The smallest absolute Gasteiger partial charge is 0.258 e. The zero-order valence-electron chi connectivity index (χ0n) is 29.1.